The Morgan fingerprint density at radius 2 is 1.69 bits per heavy atom. The zero-order chi connectivity index (χ0) is 19.3. The zero-order valence-corrected chi connectivity index (χ0v) is 15.8. The molecule has 1 atom stereocenters. The minimum Gasteiger partial charge on any atom is -0.481 e. The van der Waals surface area contributed by atoms with Gasteiger partial charge in [-0.3, -0.25) is 10.1 Å². The van der Waals surface area contributed by atoms with Gasteiger partial charge in [0.15, 0.2) is 0 Å². The Morgan fingerprint density at radius 1 is 1.00 bits per heavy atom. The van der Waals surface area contributed by atoms with Gasteiger partial charge in [0, 0.05) is 12.8 Å². The van der Waals surface area contributed by atoms with E-state index in [1.165, 1.54) is 0 Å². The van der Waals surface area contributed by atoms with Gasteiger partial charge in [-0.1, -0.05) is 61.5 Å². The maximum atomic E-state index is 10.3. The average molecular weight is 360 g/mol. The first-order chi connectivity index (χ1) is 12.7. The topological polar surface area (TPSA) is 66.8 Å². The number of carbonyl (C=O) groups is 1. The summed E-state index contributed by atoms with van der Waals surface area (Å²) in [4.78, 5) is 14.8. The summed E-state index contributed by atoms with van der Waals surface area (Å²) in [5.41, 5.74) is 0. The van der Waals surface area contributed by atoms with E-state index in [1.54, 1.807) is 0 Å². The van der Waals surface area contributed by atoms with Crippen LogP contribution in [-0.4, -0.2) is 22.4 Å². The molecule has 26 heavy (non-hydrogen) atoms. The van der Waals surface area contributed by atoms with Crippen LogP contribution in [0.1, 0.15) is 64.7 Å². The highest BCUT2D eigenvalue weighted by Crippen LogP contribution is 2.08. The third-order valence-electron chi connectivity index (χ3n) is 3.46. The number of carboxylic acid groups (broad SMARTS) is 1. The van der Waals surface area contributed by atoms with E-state index in [2.05, 4.69) is 60.1 Å². The lowest BCUT2D eigenvalue weighted by atomic mass is 10.1. The molecule has 0 rings (SSSR count). The Kier molecular flexibility index (Phi) is 17.7. The molecule has 0 amide bonds. The van der Waals surface area contributed by atoms with Crippen LogP contribution in [0.4, 0.5) is 0 Å². The second-order valence-corrected chi connectivity index (χ2v) is 5.76. The quantitative estimate of drug-likeness (QED) is 0.181. The van der Waals surface area contributed by atoms with Crippen molar-refractivity contribution in [3.63, 3.8) is 0 Å². The Morgan fingerprint density at radius 3 is 2.35 bits per heavy atom. The minimum absolute atomic E-state index is 0.108. The summed E-state index contributed by atoms with van der Waals surface area (Å²) >= 11 is 0. The minimum atomic E-state index is -0.806. The van der Waals surface area contributed by atoms with Gasteiger partial charge in [-0.2, -0.15) is 0 Å². The van der Waals surface area contributed by atoms with Crippen molar-refractivity contribution in [2.75, 3.05) is 0 Å². The Balaban J connectivity index is 3.67. The molecule has 0 saturated carbocycles. The van der Waals surface area contributed by atoms with E-state index < -0.39 is 5.97 Å². The largest absolute Gasteiger partial charge is 0.481 e. The molecule has 0 unspecified atom stereocenters. The molecule has 144 valence electrons. The third kappa shape index (κ3) is 18.3. The van der Waals surface area contributed by atoms with Crippen molar-refractivity contribution in [2.45, 2.75) is 70.8 Å². The van der Waals surface area contributed by atoms with Gasteiger partial charge in [0.25, 0.3) is 0 Å². The standard InChI is InChI=1S/C22H32O4/c1-2-3-15-18-21(26-25)19-16-13-11-9-7-5-4-6-8-10-12-14-17-20-22(23)24/h3,5-8,11,13,15,21,25H,2,4,9-10,16-20H2,1H3,(H,23,24)/b7-5-,8-6-,13-11-,15-3-/t21-/m0/s1. The second kappa shape index (κ2) is 19.2. The second-order valence-electron chi connectivity index (χ2n) is 5.76. The van der Waals surface area contributed by atoms with Crippen LogP contribution in [0.2, 0.25) is 0 Å². The van der Waals surface area contributed by atoms with Crippen molar-refractivity contribution in [3.05, 3.63) is 48.6 Å². The van der Waals surface area contributed by atoms with Crippen LogP contribution in [0.5, 0.6) is 0 Å². The van der Waals surface area contributed by atoms with E-state index in [-0.39, 0.29) is 12.5 Å². The van der Waals surface area contributed by atoms with Crippen LogP contribution >= 0.6 is 0 Å². The van der Waals surface area contributed by atoms with Gasteiger partial charge in [0.1, 0.15) is 0 Å². The van der Waals surface area contributed by atoms with Gasteiger partial charge < -0.3 is 5.11 Å². The summed E-state index contributed by atoms with van der Waals surface area (Å²) in [5.74, 6) is 4.96. The number of carboxylic acids is 1. The monoisotopic (exact) mass is 360 g/mol. The molecule has 0 spiro atoms. The Bertz CT molecular complexity index is 518. The van der Waals surface area contributed by atoms with E-state index in [4.69, 9.17) is 10.4 Å². The lowest BCUT2D eigenvalue weighted by Crippen LogP contribution is -2.08. The van der Waals surface area contributed by atoms with Crippen LogP contribution in [-0.2, 0) is 9.68 Å². The van der Waals surface area contributed by atoms with Crippen molar-refractivity contribution in [2.24, 2.45) is 0 Å². The molecule has 0 radical (unpaired) electrons. The molecule has 4 heteroatoms. The molecular formula is C22H32O4. The average Bonchev–Trinajstić information content (AvgIpc) is 2.63. The number of rotatable bonds is 14. The fourth-order valence-corrected chi connectivity index (χ4v) is 2.04. The summed E-state index contributed by atoms with van der Waals surface area (Å²) in [5, 5.41) is 17.3. The van der Waals surface area contributed by atoms with Gasteiger partial charge >= 0.3 is 5.97 Å². The van der Waals surface area contributed by atoms with Crippen LogP contribution in [0.3, 0.4) is 0 Å². The molecule has 0 bridgehead atoms. The van der Waals surface area contributed by atoms with Crippen molar-refractivity contribution in [1.29, 1.82) is 0 Å². The van der Waals surface area contributed by atoms with E-state index in [9.17, 15) is 4.79 Å². The first-order valence-corrected chi connectivity index (χ1v) is 9.28. The van der Waals surface area contributed by atoms with Gasteiger partial charge in [-0.25, -0.2) is 4.89 Å². The fourth-order valence-electron chi connectivity index (χ4n) is 2.04. The first-order valence-electron chi connectivity index (χ1n) is 9.28. The molecule has 0 saturated heterocycles. The Labute approximate surface area is 157 Å². The predicted molar refractivity (Wildman–Crippen MR) is 107 cm³/mol. The lowest BCUT2D eigenvalue weighted by molar-refractivity contribution is -0.278. The highest BCUT2D eigenvalue weighted by atomic mass is 17.1. The molecule has 0 aromatic heterocycles. The van der Waals surface area contributed by atoms with Gasteiger partial charge in [-0.15, -0.1) is 5.92 Å². The van der Waals surface area contributed by atoms with Crippen molar-refractivity contribution in [3.8, 4) is 11.8 Å². The lowest BCUT2D eigenvalue weighted by Gasteiger charge is -2.08. The molecular weight excluding hydrogens is 328 g/mol. The van der Waals surface area contributed by atoms with Gasteiger partial charge in [0.05, 0.1) is 12.5 Å². The fraction of sp³-hybridized carbons (Fsp3) is 0.500. The highest BCUT2D eigenvalue weighted by Gasteiger charge is 2.04. The Hall–Kier alpha value is -2.09. The molecule has 0 aromatic carbocycles. The van der Waals surface area contributed by atoms with Crippen LogP contribution in [0, 0.1) is 11.8 Å². The molecule has 0 fully saturated rings. The SMILES string of the molecule is CC/C=C\C[C@@H](CC/C=C\C/C=C\C/C=C\CC#CCCC(=O)O)OO. The zero-order valence-electron chi connectivity index (χ0n) is 15.8. The summed E-state index contributed by atoms with van der Waals surface area (Å²) in [6.45, 7) is 2.08. The van der Waals surface area contributed by atoms with Gasteiger partial charge in [-0.05, 0) is 38.5 Å². The first kappa shape index (κ1) is 23.9. The van der Waals surface area contributed by atoms with Crippen molar-refractivity contribution >= 4 is 5.97 Å². The van der Waals surface area contributed by atoms with Crippen LogP contribution in [0.25, 0.3) is 0 Å². The summed E-state index contributed by atoms with van der Waals surface area (Å²) in [6, 6.07) is 0. The molecule has 0 aromatic rings. The third-order valence-corrected chi connectivity index (χ3v) is 3.46. The summed E-state index contributed by atoms with van der Waals surface area (Å²) in [6.07, 6.45) is 22.9. The van der Waals surface area contributed by atoms with Gasteiger partial charge in [0.2, 0.25) is 0 Å². The maximum Gasteiger partial charge on any atom is 0.304 e. The number of allylic oxidation sites excluding steroid dienone is 7. The van der Waals surface area contributed by atoms with E-state index >= 15 is 0 Å². The van der Waals surface area contributed by atoms with Crippen LogP contribution < -0.4 is 0 Å². The smallest absolute Gasteiger partial charge is 0.304 e. The predicted octanol–water partition coefficient (Wildman–Crippen LogP) is 5.69. The number of aliphatic carboxylic acids is 1. The number of hydrogen-bond acceptors (Lipinski definition) is 3. The van der Waals surface area contributed by atoms with Crippen molar-refractivity contribution < 1.29 is 20.0 Å². The number of hydrogen-bond donors (Lipinski definition) is 2. The normalized spacial score (nSPS) is 13.0. The molecule has 0 aliphatic heterocycles. The van der Waals surface area contributed by atoms with E-state index in [1.807, 2.05) is 12.2 Å². The summed E-state index contributed by atoms with van der Waals surface area (Å²) < 4.78 is 0. The van der Waals surface area contributed by atoms with E-state index in [0.29, 0.717) is 12.8 Å². The molecule has 0 aliphatic carbocycles. The van der Waals surface area contributed by atoms with E-state index in [0.717, 1.165) is 38.5 Å². The summed E-state index contributed by atoms with van der Waals surface area (Å²) in [7, 11) is 0. The van der Waals surface area contributed by atoms with Crippen LogP contribution in [0.15, 0.2) is 48.6 Å². The maximum absolute atomic E-state index is 10.3. The molecule has 4 nitrogen and oxygen atoms in total. The van der Waals surface area contributed by atoms with Crippen molar-refractivity contribution in [1.82, 2.24) is 0 Å². The molecule has 0 aliphatic rings. The highest BCUT2D eigenvalue weighted by molar-refractivity contribution is 5.66. The molecule has 2 N–H and O–H groups in total. The molecule has 0 heterocycles.